The quantitative estimate of drug-likeness (QED) is 0.163. The van der Waals surface area contributed by atoms with E-state index in [2.05, 4.69) is 24.5 Å². The van der Waals surface area contributed by atoms with Crippen molar-refractivity contribution in [2.45, 2.75) is 135 Å². The molecule has 2 amide bonds. The fourth-order valence-corrected chi connectivity index (χ4v) is 4.24. The standard InChI is InChI=1S/C27H46F2N2O2/c1-3-5-7-9-11-13-15-17-24(28)26(32)30-22-19-20-23(21-22)31-27(33)25(29)18-16-14-12-10-8-6-4-2/h17-18,22-23H,3-16,19-21H2,1-2H3,(H,30,32)(H,31,33)/b24-17+,25-18+/t22-,23+. The summed E-state index contributed by atoms with van der Waals surface area (Å²) >= 11 is 0. The van der Waals surface area contributed by atoms with Gasteiger partial charge >= 0.3 is 0 Å². The van der Waals surface area contributed by atoms with Crippen molar-refractivity contribution < 1.29 is 18.4 Å². The van der Waals surface area contributed by atoms with Crippen LogP contribution in [0.25, 0.3) is 0 Å². The first-order valence-electron chi connectivity index (χ1n) is 13.3. The molecule has 1 aliphatic carbocycles. The Morgan fingerprint density at radius 1 is 0.667 bits per heavy atom. The van der Waals surface area contributed by atoms with E-state index in [9.17, 15) is 18.4 Å². The topological polar surface area (TPSA) is 58.2 Å². The van der Waals surface area contributed by atoms with E-state index in [1.54, 1.807) is 0 Å². The highest BCUT2D eigenvalue weighted by Crippen LogP contribution is 2.20. The van der Waals surface area contributed by atoms with Gasteiger partial charge in [0, 0.05) is 12.1 Å². The summed E-state index contributed by atoms with van der Waals surface area (Å²) in [5.41, 5.74) is 0. The lowest BCUT2D eigenvalue weighted by atomic mass is 10.1. The highest BCUT2D eigenvalue weighted by atomic mass is 19.1. The zero-order chi connectivity index (χ0) is 24.3. The Labute approximate surface area is 200 Å². The first-order chi connectivity index (χ1) is 16.0. The summed E-state index contributed by atoms with van der Waals surface area (Å²) in [6, 6.07) is -0.405. The van der Waals surface area contributed by atoms with Crippen LogP contribution in [-0.2, 0) is 9.59 Å². The molecule has 0 aliphatic heterocycles. The van der Waals surface area contributed by atoms with Crippen LogP contribution in [0, 0.1) is 0 Å². The van der Waals surface area contributed by atoms with Gasteiger partial charge in [0.1, 0.15) is 0 Å². The van der Waals surface area contributed by atoms with E-state index >= 15 is 0 Å². The number of amides is 2. The molecule has 4 nitrogen and oxygen atoms in total. The van der Waals surface area contributed by atoms with Gasteiger partial charge in [-0.1, -0.05) is 78.1 Å². The highest BCUT2D eigenvalue weighted by Gasteiger charge is 2.28. The molecule has 6 heteroatoms. The smallest absolute Gasteiger partial charge is 0.279 e. The maximum Gasteiger partial charge on any atom is 0.279 e. The number of allylic oxidation sites excluding steroid dienone is 2. The number of hydrogen-bond donors (Lipinski definition) is 2. The van der Waals surface area contributed by atoms with Gasteiger partial charge in [0.15, 0.2) is 11.7 Å². The van der Waals surface area contributed by atoms with E-state index in [-0.39, 0.29) is 12.1 Å². The molecule has 0 radical (unpaired) electrons. The number of rotatable bonds is 18. The van der Waals surface area contributed by atoms with Crippen molar-refractivity contribution in [3.63, 3.8) is 0 Å². The third kappa shape index (κ3) is 14.2. The largest absolute Gasteiger partial charge is 0.347 e. The van der Waals surface area contributed by atoms with Crippen molar-refractivity contribution in [2.75, 3.05) is 0 Å². The number of halogens is 2. The molecule has 0 aromatic rings. The van der Waals surface area contributed by atoms with Crippen molar-refractivity contribution >= 4 is 11.8 Å². The van der Waals surface area contributed by atoms with Gasteiger partial charge in [-0.05, 0) is 57.1 Å². The van der Waals surface area contributed by atoms with Crippen molar-refractivity contribution in [1.82, 2.24) is 10.6 Å². The Hall–Kier alpha value is -1.72. The maximum absolute atomic E-state index is 14.0. The monoisotopic (exact) mass is 468 g/mol. The van der Waals surface area contributed by atoms with Gasteiger partial charge in [0.25, 0.3) is 11.8 Å². The molecule has 33 heavy (non-hydrogen) atoms. The molecule has 2 N–H and O–H groups in total. The predicted octanol–water partition coefficient (Wildman–Crippen LogP) is 7.35. The molecule has 1 fully saturated rings. The number of nitrogens with one attached hydrogen (secondary N) is 2. The minimum atomic E-state index is -0.736. The molecule has 1 aliphatic rings. The number of hydrogen-bond acceptors (Lipinski definition) is 2. The van der Waals surface area contributed by atoms with Crippen molar-refractivity contribution in [1.29, 1.82) is 0 Å². The SMILES string of the molecule is CCCCCCCC/C=C(/F)C(=O)N[C@@H]1CC[C@H](NC(=O)/C(F)=C\CCCCCCCC)C1. The lowest BCUT2D eigenvalue weighted by Crippen LogP contribution is -2.37. The summed E-state index contributed by atoms with van der Waals surface area (Å²) in [5.74, 6) is -2.86. The van der Waals surface area contributed by atoms with E-state index in [0.29, 0.717) is 32.1 Å². The van der Waals surface area contributed by atoms with Crippen LogP contribution < -0.4 is 10.6 Å². The number of unbranched alkanes of at least 4 members (excludes halogenated alkanes) is 12. The lowest BCUT2D eigenvalue weighted by molar-refractivity contribution is -0.119. The second-order valence-electron chi connectivity index (χ2n) is 9.37. The van der Waals surface area contributed by atoms with E-state index < -0.39 is 23.5 Å². The Kier molecular flexibility index (Phi) is 16.6. The Bertz CT molecular complexity index is 567. The van der Waals surface area contributed by atoms with Crippen LogP contribution in [0.1, 0.15) is 123 Å². The second kappa shape index (κ2) is 18.7. The molecule has 0 unspecified atom stereocenters. The molecule has 1 rings (SSSR count). The molecule has 2 atom stereocenters. The van der Waals surface area contributed by atoms with Crippen LogP contribution in [0.15, 0.2) is 23.8 Å². The summed E-state index contributed by atoms with van der Waals surface area (Å²) in [6.45, 7) is 4.34. The average Bonchev–Trinajstić information content (AvgIpc) is 3.23. The van der Waals surface area contributed by atoms with E-state index in [1.807, 2.05) is 0 Å². The van der Waals surface area contributed by atoms with E-state index in [4.69, 9.17) is 0 Å². The molecule has 0 bridgehead atoms. The summed E-state index contributed by atoms with van der Waals surface area (Å²) in [7, 11) is 0. The van der Waals surface area contributed by atoms with Crippen molar-refractivity contribution in [2.24, 2.45) is 0 Å². The third-order valence-electron chi connectivity index (χ3n) is 6.30. The zero-order valence-corrected chi connectivity index (χ0v) is 20.9. The lowest BCUT2D eigenvalue weighted by Gasteiger charge is -2.14. The number of carbonyl (C=O) groups is 2. The van der Waals surface area contributed by atoms with E-state index in [1.165, 1.54) is 50.7 Å². The van der Waals surface area contributed by atoms with Gasteiger partial charge in [-0.25, -0.2) is 8.78 Å². The first-order valence-corrected chi connectivity index (χ1v) is 13.3. The van der Waals surface area contributed by atoms with Crippen LogP contribution in [0.3, 0.4) is 0 Å². The Morgan fingerprint density at radius 3 is 1.42 bits per heavy atom. The van der Waals surface area contributed by atoms with E-state index in [0.717, 1.165) is 38.5 Å². The second-order valence-corrected chi connectivity index (χ2v) is 9.37. The Balaban J connectivity index is 2.23. The summed E-state index contributed by atoms with van der Waals surface area (Å²) in [4.78, 5) is 24.1. The van der Waals surface area contributed by atoms with Gasteiger partial charge in [0.2, 0.25) is 0 Å². The van der Waals surface area contributed by atoms with Crippen LogP contribution >= 0.6 is 0 Å². The van der Waals surface area contributed by atoms with Crippen molar-refractivity contribution in [3.05, 3.63) is 23.8 Å². The molecule has 1 saturated carbocycles. The molecule has 0 aromatic carbocycles. The van der Waals surface area contributed by atoms with Crippen LogP contribution in [0.5, 0.6) is 0 Å². The molecule has 0 spiro atoms. The predicted molar refractivity (Wildman–Crippen MR) is 132 cm³/mol. The van der Waals surface area contributed by atoms with Gasteiger partial charge in [0.05, 0.1) is 0 Å². The van der Waals surface area contributed by atoms with Gasteiger partial charge in [-0.3, -0.25) is 9.59 Å². The van der Waals surface area contributed by atoms with Crippen LogP contribution in [-0.4, -0.2) is 23.9 Å². The van der Waals surface area contributed by atoms with Gasteiger partial charge in [-0.15, -0.1) is 0 Å². The van der Waals surface area contributed by atoms with Gasteiger partial charge < -0.3 is 10.6 Å². The number of carbonyl (C=O) groups excluding carboxylic acids is 2. The third-order valence-corrected chi connectivity index (χ3v) is 6.30. The summed E-state index contributed by atoms with van der Waals surface area (Å²) in [5, 5.41) is 5.40. The maximum atomic E-state index is 14.0. The molecule has 0 saturated heterocycles. The minimum Gasteiger partial charge on any atom is -0.347 e. The molecular weight excluding hydrogens is 422 g/mol. The molecular formula is C27H46F2N2O2. The summed E-state index contributed by atoms with van der Waals surface area (Å²) < 4.78 is 28.1. The fourth-order valence-electron chi connectivity index (χ4n) is 4.24. The normalized spacial score (nSPS) is 19.0. The minimum absolute atomic E-state index is 0.203. The Morgan fingerprint density at radius 2 is 1.03 bits per heavy atom. The van der Waals surface area contributed by atoms with Crippen LogP contribution in [0.2, 0.25) is 0 Å². The fraction of sp³-hybridized carbons (Fsp3) is 0.778. The molecule has 190 valence electrons. The molecule has 0 aromatic heterocycles. The zero-order valence-electron chi connectivity index (χ0n) is 20.9. The first kappa shape index (κ1) is 29.3. The average molecular weight is 469 g/mol. The van der Waals surface area contributed by atoms with Crippen LogP contribution in [0.4, 0.5) is 8.78 Å². The van der Waals surface area contributed by atoms with Crippen molar-refractivity contribution in [3.8, 4) is 0 Å². The highest BCUT2D eigenvalue weighted by molar-refractivity contribution is 5.92. The van der Waals surface area contributed by atoms with Gasteiger partial charge in [-0.2, -0.15) is 0 Å². The molecule has 0 heterocycles. The summed E-state index contributed by atoms with van der Waals surface area (Å²) in [6.07, 6.45) is 19.1.